The van der Waals surface area contributed by atoms with E-state index in [-0.39, 0.29) is 11.7 Å². The van der Waals surface area contributed by atoms with Gasteiger partial charge in [-0.1, -0.05) is 12.1 Å². The van der Waals surface area contributed by atoms with Gasteiger partial charge in [-0.3, -0.25) is 4.79 Å². The van der Waals surface area contributed by atoms with Crippen LogP contribution in [-0.2, 0) is 17.8 Å². The first-order valence-corrected chi connectivity index (χ1v) is 6.71. The number of aryl methyl sites for hydroxylation is 2. The summed E-state index contributed by atoms with van der Waals surface area (Å²) in [6.07, 6.45) is 7.33. The van der Waals surface area contributed by atoms with Crippen molar-refractivity contribution in [1.82, 2.24) is 14.9 Å². The number of nitrogens with one attached hydrogen (secondary N) is 1. The van der Waals surface area contributed by atoms with E-state index in [4.69, 9.17) is 0 Å². The topological polar surface area (TPSA) is 46.9 Å². The van der Waals surface area contributed by atoms with Crippen LogP contribution < -0.4 is 5.32 Å². The maximum absolute atomic E-state index is 12.7. The van der Waals surface area contributed by atoms with Gasteiger partial charge in [-0.25, -0.2) is 9.37 Å². The standard InChI is InChI=1S/C15H18FN3O/c16-14-5-2-13(3-6-14)4-7-15(20)18-8-1-10-19-11-9-17-12-19/h2-3,5-6,9,11-12H,1,4,7-8,10H2,(H,18,20). The van der Waals surface area contributed by atoms with Crippen molar-refractivity contribution in [2.24, 2.45) is 0 Å². The Labute approximate surface area is 117 Å². The monoisotopic (exact) mass is 275 g/mol. The molecule has 0 unspecified atom stereocenters. The van der Waals surface area contributed by atoms with E-state index in [9.17, 15) is 9.18 Å². The van der Waals surface area contributed by atoms with Gasteiger partial charge in [0, 0.05) is 31.9 Å². The van der Waals surface area contributed by atoms with Crippen LogP contribution in [0.25, 0.3) is 0 Å². The van der Waals surface area contributed by atoms with Crippen LogP contribution in [0.2, 0.25) is 0 Å². The van der Waals surface area contributed by atoms with Gasteiger partial charge in [-0.05, 0) is 30.5 Å². The van der Waals surface area contributed by atoms with Gasteiger partial charge in [0.25, 0.3) is 0 Å². The molecular weight excluding hydrogens is 257 g/mol. The Balaban J connectivity index is 1.59. The van der Waals surface area contributed by atoms with Crippen molar-refractivity contribution < 1.29 is 9.18 Å². The van der Waals surface area contributed by atoms with Crippen molar-refractivity contribution in [3.05, 3.63) is 54.4 Å². The maximum atomic E-state index is 12.7. The molecule has 1 aromatic carbocycles. The summed E-state index contributed by atoms with van der Waals surface area (Å²) in [5, 5.41) is 2.88. The molecule has 4 nitrogen and oxygen atoms in total. The highest BCUT2D eigenvalue weighted by Gasteiger charge is 2.02. The normalized spacial score (nSPS) is 10.4. The summed E-state index contributed by atoms with van der Waals surface area (Å²) in [5.41, 5.74) is 0.972. The molecule has 0 saturated heterocycles. The summed E-state index contributed by atoms with van der Waals surface area (Å²) < 4.78 is 14.7. The molecule has 0 radical (unpaired) electrons. The number of benzene rings is 1. The molecule has 0 fully saturated rings. The SMILES string of the molecule is O=C(CCc1ccc(F)cc1)NCCCn1ccnc1. The summed E-state index contributed by atoms with van der Waals surface area (Å²) >= 11 is 0. The average Bonchev–Trinajstić information content (AvgIpc) is 2.96. The fourth-order valence-corrected chi connectivity index (χ4v) is 1.91. The van der Waals surface area contributed by atoms with E-state index in [0.29, 0.717) is 19.4 Å². The lowest BCUT2D eigenvalue weighted by Gasteiger charge is -2.06. The molecule has 106 valence electrons. The first kappa shape index (κ1) is 14.2. The molecule has 1 heterocycles. The Kier molecular flexibility index (Phi) is 5.29. The van der Waals surface area contributed by atoms with Crippen LogP contribution in [0.15, 0.2) is 43.0 Å². The highest BCUT2D eigenvalue weighted by Crippen LogP contribution is 2.05. The van der Waals surface area contributed by atoms with Crippen LogP contribution in [0.4, 0.5) is 4.39 Å². The number of carbonyl (C=O) groups is 1. The number of aromatic nitrogens is 2. The van der Waals surface area contributed by atoms with Gasteiger partial charge in [-0.15, -0.1) is 0 Å². The van der Waals surface area contributed by atoms with Crippen LogP contribution in [0.1, 0.15) is 18.4 Å². The molecule has 5 heteroatoms. The third-order valence-electron chi connectivity index (χ3n) is 3.03. The summed E-state index contributed by atoms with van der Waals surface area (Å²) in [6.45, 7) is 1.50. The minimum atomic E-state index is -0.252. The highest BCUT2D eigenvalue weighted by molar-refractivity contribution is 5.76. The molecule has 0 aliphatic carbocycles. The van der Waals surface area contributed by atoms with Crippen LogP contribution in [0.5, 0.6) is 0 Å². The molecular formula is C15H18FN3O. The van der Waals surface area contributed by atoms with Gasteiger partial charge in [0.15, 0.2) is 0 Å². The van der Waals surface area contributed by atoms with Crippen molar-refractivity contribution in [3.63, 3.8) is 0 Å². The molecule has 0 aliphatic heterocycles. The van der Waals surface area contributed by atoms with E-state index in [2.05, 4.69) is 10.3 Å². The van der Waals surface area contributed by atoms with E-state index in [1.807, 2.05) is 10.8 Å². The maximum Gasteiger partial charge on any atom is 0.220 e. The summed E-state index contributed by atoms with van der Waals surface area (Å²) in [5.74, 6) is -0.224. The van der Waals surface area contributed by atoms with E-state index < -0.39 is 0 Å². The predicted octanol–water partition coefficient (Wildman–Crippen LogP) is 2.16. The Hall–Kier alpha value is -2.17. The smallest absolute Gasteiger partial charge is 0.220 e. The molecule has 20 heavy (non-hydrogen) atoms. The minimum Gasteiger partial charge on any atom is -0.356 e. The number of hydrogen-bond donors (Lipinski definition) is 1. The Morgan fingerprint density at radius 2 is 2.10 bits per heavy atom. The second-order valence-electron chi connectivity index (χ2n) is 4.63. The molecule has 0 saturated carbocycles. The van der Waals surface area contributed by atoms with Gasteiger partial charge >= 0.3 is 0 Å². The van der Waals surface area contributed by atoms with E-state index >= 15 is 0 Å². The van der Waals surface area contributed by atoms with Crippen LogP contribution in [0.3, 0.4) is 0 Å². The molecule has 2 rings (SSSR count). The first-order chi connectivity index (χ1) is 9.74. The van der Waals surface area contributed by atoms with Crippen LogP contribution in [-0.4, -0.2) is 22.0 Å². The zero-order chi connectivity index (χ0) is 14.2. The summed E-state index contributed by atoms with van der Waals surface area (Å²) in [6, 6.07) is 6.25. The van der Waals surface area contributed by atoms with Gasteiger partial charge < -0.3 is 9.88 Å². The Morgan fingerprint density at radius 1 is 1.30 bits per heavy atom. The molecule has 0 bridgehead atoms. The van der Waals surface area contributed by atoms with Crippen LogP contribution in [0, 0.1) is 5.82 Å². The van der Waals surface area contributed by atoms with E-state index in [0.717, 1.165) is 18.5 Å². The number of carbonyl (C=O) groups excluding carboxylic acids is 1. The van der Waals surface area contributed by atoms with E-state index in [1.165, 1.54) is 12.1 Å². The van der Waals surface area contributed by atoms with E-state index in [1.54, 1.807) is 24.7 Å². The highest BCUT2D eigenvalue weighted by atomic mass is 19.1. The molecule has 2 aromatic rings. The van der Waals surface area contributed by atoms with Crippen molar-refractivity contribution in [2.75, 3.05) is 6.54 Å². The fourth-order valence-electron chi connectivity index (χ4n) is 1.91. The zero-order valence-corrected chi connectivity index (χ0v) is 11.3. The molecule has 0 aliphatic rings. The number of hydrogen-bond acceptors (Lipinski definition) is 2. The zero-order valence-electron chi connectivity index (χ0n) is 11.3. The van der Waals surface area contributed by atoms with Crippen molar-refractivity contribution in [3.8, 4) is 0 Å². The lowest BCUT2D eigenvalue weighted by molar-refractivity contribution is -0.121. The third-order valence-corrected chi connectivity index (χ3v) is 3.03. The average molecular weight is 275 g/mol. The Morgan fingerprint density at radius 3 is 2.80 bits per heavy atom. The van der Waals surface area contributed by atoms with Gasteiger partial charge in [0.05, 0.1) is 6.33 Å². The van der Waals surface area contributed by atoms with Crippen LogP contribution >= 0.6 is 0 Å². The Bertz CT molecular complexity index is 523. The third kappa shape index (κ3) is 4.84. The molecule has 1 N–H and O–H groups in total. The number of imidazole rings is 1. The lowest BCUT2D eigenvalue weighted by Crippen LogP contribution is -2.25. The quantitative estimate of drug-likeness (QED) is 0.787. The fraction of sp³-hybridized carbons (Fsp3) is 0.333. The minimum absolute atomic E-state index is 0.0277. The number of nitrogens with zero attached hydrogens (tertiary/aromatic N) is 2. The summed E-state index contributed by atoms with van der Waals surface area (Å²) in [7, 11) is 0. The second-order valence-corrected chi connectivity index (χ2v) is 4.63. The number of halogens is 1. The predicted molar refractivity (Wildman–Crippen MR) is 74.6 cm³/mol. The molecule has 0 atom stereocenters. The number of amides is 1. The van der Waals surface area contributed by atoms with Crippen molar-refractivity contribution >= 4 is 5.91 Å². The lowest BCUT2D eigenvalue weighted by atomic mass is 10.1. The molecule has 1 amide bonds. The first-order valence-electron chi connectivity index (χ1n) is 6.71. The van der Waals surface area contributed by atoms with Crippen molar-refractivity contribution in [2.45, 2.75) is 25.8 Å². The molecule has 0 spiro atoms. The van der Waals surface area contributed by atoms with Gasteiger partial charge in [0.2, 0.25) is 5.91 Å². The largest absolute Gasteiger partial charge is 0.356 e. The van der Waals surface area contributed by atoms with Gasteiger partial charge in [0.1, 0.15) is 5.82 Å². The second kappa shape index (κ2) is 7.43. The van der Waals surface area contributed by atoms with Gasteiger partial charge in [-0.2, -0.15) is 0 Å². The summed E-state index contributed by atoms with van der Waals surface area (Å²) in [4.78, 5) is 15.6. The number of rotatable bonds is 7. The van der Waals surface area contributed by atoms with Crippen molar-refractivity contribution in [1.29, 1.82) is 0 Å². The molecule has 1 aromatic heterocycles.